The third-order valence-corrected chi connectivity index (χ3v) is 2.80. The van der Waals surface area contributed by atoms with E-state index in [1.54, 1.807) is 7.11 Å². The van der Waals surface area contributed by atoms with Crippen LogP contribution in [0.3, 0.4) is 0 Å². The molecule has 0 aliphatic rings. The summed E-state index contributed by atoms with van der Waals surface area (Å²) in [6.45, 7) is 6.24. The van der Waals surface area contributed by atoms with Crippen molar-refractivity contribution in [2.75, 3.05) is 7.11 Å². The second kappa shape index (κ2) is 3.61. The fraction of sp³-hybridized carbons (Fsp3) is 0.625. The van der Waals surface area contributed by atoms with Gasteiger partial charge in [-0.05, 0) is 52.6 Å². The van der Waals surface area contributed by atoms with Gasteiger partial charge >= 0.3 is 0 Å². The molecule has 74 valence electrons. The first-order valence-corrected chi connectivity index (χ1v) is 5.45. The van der Waals surface area contributed by atoms with Gasteiger partial charge in [0.15, 0.2) is 10.4 Å². The van der Waals surface area contributed by atoms with Crippen LogP contribution in [0, 0.1) is 0 Å². The van der Waals surface area contributed by atoms with Crippen molar-refractivity contribution < 1.29 is 4.74 Å². The van der Waals surface area contributed by atoms with Crippen LogP contribution in [0.2, 0.25) is 0 Å². The summed E-state index contributed by atoms with van der Waals surface area (Å²) in [4.78, 5) is 0. The molecular weight excluding hydrogens is 300 g/mol. The van der Waals surface area contributed by atoms with Crippen LogP contribution in [0.4, 0.5) is 0 Å². The zero-order chi connectivity index (χ0) is 10.2. The van der Waals surface area contributed by atoms with Crippen molar-refractivity contribution in [3.05, 3.63) is 9.21 Å². The highest BCUT2D eigenvalue weighted by molar-refractivity contribution is 9.11. The minimum Gasteiger partial charge on any atom is -0.491 e. The first-order chi connectivity index (χ1) is 5.88. The highest BCUT2D eigenvalue weighted by Gasteiger charge is 2.22. The van der Waals surface area contributed by atoms with E-state index in [1.807, 2.05) is 4.68 Å². The van der Waals surface area contributed by atoms with Gasteiger partial charge in [-0.2, -0.15) is 5.10 Å². The van der Waals surface area contributed by atoms with Gasteiger partial charge in [0.05, 0.1) is 12.6 Å². The number of methoxy groups -OCH3 is 1. The van der Waals surface area contributed by atoms with Gasteiger partial charge < -0.3 is 4.74 Å². The van der Waals surface area contributed by atoms with Crippen LogP contribution in [-0.2, 0) is 5.54 Å². The minimum absolute atomic E-state index is 0.0574. The Balaban J connectivity index is 3.26. The van der Waals surface area contributed by atoms with Gasteiger partial charge in [0.2, 0.25) is 0 Å². The normalized spacial score (nSPS) is 11.8. The van der Waals surface area contributed by atoms with Gasteiger partial charge in [-0.3, -0.25) is 0 Å². The predicted octanol–water partition coefficient (Wildman–Crippen LogP) is 3.17. The van der Waals surface area contributed by atoms with E-state index >= 15 is 0 Å². The SMILES string of the molecule is COc1c(Br)nn(C(C)(C)C)c1Br. The Morgan fingerprint density at radius 2 is 1.85 bits per heavy atom. The molecule has 1 aromatic rings. The second-order valence-electron chi connectivity index (χ2n) is 3.70. The van der Waals surface area contributed by atoms with Crippen molar-refractivity contribution >= 4 is 31.9 Å². The molecule has 0 N–H and O–H groups in total. The van der Waals surface area contributed by atoms with Crippen molar-refractivity contribution in [2.24, 2.45) is 0 Å². The van der Waals surface area contributed by atoms with Crippen molar-refractivity contribution in [3.63, 3.8) is 0 Å². The Hall–Kier alpha value is -0.0300. The molecule has 0 aliphatic heterocycles. The molecule has 0 aliphatic carbocycles. The van der Waals surface area contributed by atoms with E-state index in [2.05, 4.69) is 57.7 Å². The lowest BCUT2D eigenvalue weighted by Gasteiger charge is -2.20. The van der Waals surface area contributed by atoms with Gasteiger partial charge in [-0.15, -0.1) is 0 Å². The number of nitrogens with zero attached hydrogens (tertiary/aromatic N) is 2. The molecule has 5 heteroatoms. The Morgan fingerprint density at radius 3 is 2.08 bits per heavy atom. The van der Waals surface area contributed by atoms with E-state index in [0.717, 1.165) is 15.0 Å². The lowest BCUT2D eigenvalue weighted by Crippen LogP contribution is -2.23. The van der Waals surface area contributed by atoms with Gasteiger partial charge in [0.1, 0.15) is 4.60 Å². The number of ether oxygens (including phenoxy) is 1. The molecule has 0 spiro atoms. The molecule has 0 bridgehead atoms. The average molecular weight is 312 g/mol. The molecule has 3 nitrogen and oxygen atoms in total. The fourth-order valence-corrected chi connectivity index (χ4v) is 2.71. The molecule has 0 radical (unpaired) electrons. The Bertz CT molecular complexity index is 315. The summed E-state index contributed by atoms with van der Waals surface area (Å²) in [5, 5.41) is 4.31. The lowest BCUT2D eigenvalue weighted by molar-refractivity contribution is 0.342. The highest BCUT2D eigenvalue weighted by Crippen LogP contribution is 2.35. The summed E-state index contributed by atoms with van der Waals surface area (Å²) < 4.78 is 8.62. The van der Waals surface area contributed by atoms with Crippen LogP contribution in [-0.4, -0.2) is 16.9 Å². The Kier molecular flexibility index (Phi) is 3.07. The van der Waals surface area contributed by atoms with Crippen LogP contribution >= 0.6 is 31.9 Å². The highest BCUT2D eigenvalue weighted by atomic mass is 79.9. The van der Waals surface area contributed by atoms with Crippen molar-refractivity contribution in [3.8, 4) is 5.75 Å². The number of halogens is 2. The molecule has 1 heterocycles. The Morgan fingerprint density at radius 1 is 1.31 bits per heavy atom. The maximum absolute atomic E-state index is 5.17. The third-order valence-electron chi connectivity index (χ3n) is 1.59. The molecule has 0 saturated carbocycles. The summed E-state index contributed by atoms with van der Waals surface area (Å²) in [7, 11) is 1.62. The quantitative estimate of drug-likeness (QED) is 0.796. The van der Waals surface area contributed by atoms with Crippen LogP contribution < -0.4 is 4.74 Å². The summed E-state index contributed by atoms with van der Waals surface area (Å²) in [5.41, 5.74) is -0.0574. The molecule has 0 atom stereocenters. The molecule has 1 rings (SSSR count). The smallest absolute Gasteiger partial charge is 0.185 e. The number of rotatable bonds is 1. The topological polar surface area (TPSA) is 27.1 Å². The second-order valence-corrected chi connectivity index (χ2v) is 5.20. The maximum atomic E-state index is 5.17. The standard InChI is InChI=1S/C8H12Br2N2O/c1-8(2,3)12-7(10)5(13-4)6(9)11-12/h1-4H3. The molecule has 1 aromatic heterocycles. The van der Waals surface area contributed by atoms with Gasteiger partial charge in [0.25, 0.3) is 0 Å². The number of aromatic nitrogens is 2. The molecule has 0 aromatic carbocycles. The summed E-state index contributed by atoms with van der Waals surface area (Å²) in [6.07, 6.45) is 0. The van der Waals surface area contributed by atoms with Crippen LogP contribution in [0.1, 0.15) is 20.8 Å². The summed E-state index contributed by atoms with van der Waals surface area (Å²) >= 11 is 6.78. The van der Waals surface area contributed by atoms with Crippen molar-refractivity contribution in [1.29, 1.82) is 0 Å². The molecule has 0 fully saturated rings. The largest absolute Gasteiger partial charge is 0.491 e. The van der Waals surface area contributed by atoms with Crippen LogP contribution in [0.5, 0.6) is 5.75 Å². The molecule has 13 heavy (non-hydrogen) atoms. The van der Waals surface area contributed by atoms with Gasteiger partial charge in [-0.25, -0.2) is 4.68 Å². The van der Waals surface area contributed by atoms with Crippen LogP contribution in [0.15, 0.2) is 9.21 Å². The van der Waals surface area contributed by atoms with E-state index < -0.39 is 0 Å². The van der Waals surface area contributed by atoms with Crippen molar-refractivity contribution in [2.45, 2.75) is 26.3 Å². The average Bonchev–Trinajstić information content (AvgIpc) is 2.25. The zero-order valence-corrected chi connectivity index (χ0v) is 11.2. The first kappa shape index (κ1) is 11.0. The monoisotopic (exact) mass is 310 g/mol. The third kappa shape index (κ3) is 2.07. The molecular formula is C8H12Br2N2O. The number of hydrogen-bond acceptors (Lipinski definition) is 2. The van der Waals surface area contributed by atoms with Gasteiger partial charge in [-0.1, -0.05) is 0 Å². The van der Waals surface area contributed by atoms with E-state index in [-0.39, 0.29) is 5.54 Å². The minimum atomic E-state index is -0.0574. The van der Waals surface area contributed by atoms with E-state index in [4.69, 9.17) is 4.74 Å². The molecule has 0 unspecified atom stereocenters. The predicted molar refractivity (Wildman–Crippen MR) is 59.2 cm³/mol. The maximum Gasteiger partial charge on any atom is 0.185 e. The first-order valence-electron chi connectivity index (χ1n) is 3.86. The summed E-state index contributed by atoms with van der Waals surface area (Å²) in [6, 6.07) is 0. The van der Waals surface area contributed by atoms with E-state index in [1.165, 1.54) is 0 Å². The van der Waals surface area contributed by atoms with Crippen LogP contribution in [0.25, 0.3) is 0 Å². The van der Waals surface area contributed by atoms with E-state index in [9.17, 15) is 0 Å². The molecule has 0 amide bonds. The fourth-order valence-electron chi connectivity index (χ4n) is 0.971. The molecule has 0 saturated heterocycles. The number of hydrogen-bond donors (Lipinski definition) is 0. The van der Waals surface area contributed by atoms with E-state index in [0.29, 0.717) is 0 Å². The van der Waals surface area contributed by atoms with Gasteiger partial charge in [0, 0.05) is 0 Å². The zero-order valence-electron chi connectivity index (χ0n) is 8.06. The summed E-state index contributed by atoms with van der Waals surface area (Å²) in [5.74, 6) is 0.731. The Labute approximate surface area is 94.7 Å². The van der Waals surface area contributed by atoms with Crippen molar-refractivity contribution in [1.82, 2.24) is 9.78 Å². The lowest BCUT2D eigenvalue weighted by atomic mass is 10.1.